The summed E-state index contributed by atoms with van der Waals surface area (Å²) in [4.78, 5) is 22.4. The van der Waals surface area contributed by atoms with E-state index in [1.54, 1.807) is 0 Å². The molecule has 0 saturated heterocycles. The summed E-state index contributed by atoms with van der Waals surface area (Å²) >= 11 is 0. The molecule has 24 heavy (non-hydrogen) atoms. The van der Waals surface area contributed by atoms with E-state index in [4.69, 9.17) is 9.47 Å². The Morgan fingerprint density at radius 2 is 1.83 bits per heavy atom. The van der Waals surface area contributed by atoms with Crippen molar-refractivity contribution in [1.29, 1.82) is 0 Å². The number of aryl methyl sites for hydroxylation is 2. The smallest absolute Gasteiger partial charge is 0.312 e. The molecule has 7 heteroatoms. The maximum atomic E-state index is 12.0. The fourth-order valence-electron chi connectivity index (χ4n) is 2.27. The molecule has 2 rings (SSSR count). The van der Waals surface area contributed by atoms with Crippen LogP contribution >= 0.6 is 0 Å². The Balaban J connectivity index is 2.02. The first kappa shape index (κ1) is 17.3. The first-order valence-electron chi connectivity index (χ1n) is 7.22. The lowest BCUT2D eigenvalue weighted by Gasteiger charge is -2.09. The second kappa shape index (κ2) is 7.45. The Labute approximate surface area is 139 Å². The van der Waals surface area contributed by atoms with Gasteiger partial charge in [-0.15, -0.1) is 0 Å². The Morgan fingerprint density at radius 3 is 2.42 bits per heavy atom. The second-order valence-corrected chi connectivity index (χ2v) is 5.30. The Hall–Kier alpha value is -3.09. The number of carbonyl (C=O) groups excluding carboxylic acids is 1. The largest absolute Gasteiger partial charge is 0.490 e. The van der Waals surface area contributed by atoms with E-state index in [0.29, 0.717) is 11.4 Å². The third-order valence-electron chi connectivity index (χ3n) is 3.22. The molecule has 0 aliphatic rings. The lowest BCUT2D eigenvalue weighted by Crippen LogP contribution is -2.20. The van der Waals surface area contributed by atoms with Gasteiger partial charge >= 0.3 is 5.69 Å². The molecule has 0 fully saturated rings. The molecule has 0 radical (unpaired) electrons. The normalized spacial score (nSPS) is 10.1. The highest BCUT2D eigenvalue weighted by Gasteiger charge is 2.16. The molecule has 0 bridgehead atoms. The standard InChI is InChI=1S/C17H18N2O5/c1-11-6-12(2)8-14(7-11)24-10-17(20)18-13-4-5-16(23-3)15(9-13)19(21)22/h4-9H,10H2,1-3H3,(H,18,20). The SMILES string of the molecule is COc1ccc(NC(=O)COc2cc(C)cc(C)c2)cc1[N+](=O)[O-]. The number of hydrogen-bond donors (Lipinski definition) is 1. The van der Waals surface area contributed by atoms with Gasteiger partial charge in [0.2, 0.25) is 0 Å². The van der Waals surface area contributed by atoms with E-state index in [2.05, 4.69) is 5.32 Å². The average Bonchev–Trinajstić information content (AvgIpc) is 2.52. The van der Waals surface area contributed by atoms with E-state index in [-0.39, 0.29) is 18.0 Å². The van der Waals surface area contributed by atoms with Gasteiger partial charge in [0.15, 0.2) is 12.4 Å². The van der Waals surface area contributed by atoms with Gasteiger partial charge in [-0.2, -0.15) is 0 Å². The summed E-state index contributed by atoms with van der Waals surface area (Å²) in [5.41, 5.74) is 2.16. The van der Waals surface area contributed by atoms with Crippen LogP contribution in [0.3, 0.4) is 0 Å². The van der Waals surface area contributed by atoms with Crippen LogP contribution in [0.4, 0.5) is 11.4 Å². The Bertz CT molecular complexity index is 753. The zero-order valence-corrected chi connectivity index (χ0v) is 13.7. The van der Waals surface area contributed by atoms with Crippen molar-refractivity contribution < 1.29 is 19.2 Å². The molecule has 126 valence electrons. The van der Waals surface area contributed by atoms with E-state index >= 15 is 0 Å². The van der Waals surface area contributed by atoms with E-state index in [1.165, 1.54) is 25.3 Å². The zero-order valence-electron chi connectivity index (χ0n) is 13.7. The van der Waals surface area contributed by atoms with Crippen molar-refractivity contribution in [1.82, 2.24) is 0 Å². The summed E-state index contributed by atoms with van der Waals surface area (Å²) in [6.07, 6.45) is 0. The van der Waals surface area contributed by atoms with E-state index in [9.17, 15) is 14.9 Å². The Kier molecular flexibility index (Phi) is 5.36. The molecule has 0 atom stereocenters. The third kappa shape index (κ3) is 4.45. The summed E-state index contributed by atoms with van der Waals surface area (Å²) in [5, 5.41) is 13.5. The average molecular weight is 330 g/mol. The number of benzene rings is 2. The fraction of sp³-hybridized carbons (Fsp3) is 0.235. The van der Waals surface area contributed by atoms with Crippen LogP contribution in [0.5, 0.6) is 11.5 Å². The van der Waals surface area contributed by atoms with Crippen molar-refractivity contribution in [2.24, 2.45) is 0 Å². The van der Waals surface area contributed by atoms with Crippen LogP contribution in [0.1, 0.15) is 11.1 Å². The highest BCUT2D eigenvalue weighted by Crippen LogP contribution is 2.29. The number of nitrogens with zero attached hydrogens (tertiary/aromatic N) is 1. The highest BCUT2D eigenvalue weighted by molar-refractivity contribution is 5.92. The van der Waals surface area contributed by atoms with Gasteiger partial charge in [-0.1, -0.05) is 6.07 Å². The topological polar surface area (TPSA) is 90.7 Å². The minimum absolute atomic E-state index is 0.129. The summed E-state index contributed by atoms with van der Waals surface area (Å²) in [5.74, 6) is 0.321. The van der Waals surface area contributed by atoms with Crippen molar-refractivity contribution >= 4 is 17.3 Å². The minimum atomic E-state index is -0.569. The van der Waals surface area contributed by atoms with Gasteiger partial charge in [-0.3, -0.25) is 14.9 Å². The third-order valence-corrected chi connectivity index (χ3v) is 3.22. The van der Waals surface area contributed by atoms with Crippen molar-refractivity contribution in [2.75, 3.05) is 19.0 Å². The molecule has 2 aromatic carbocycles. The number of ether oxygens (including phenoxy) is 2. The van der Waals surface area contributed by atoms with Gasteiger partial charge in [0.25, 0.3) is 5.91 Å². The lowest BCUT2D eigenvalue weighted by molar-refractivity contribution is -0.385. The Morgan fingerprint density at radius 1 is 1.17 bits per heavy atom. The molecule has 1 amide bonds. The van der Waals surface area contributed by atoms with Crippen LogP contribution < -0.4 is 14.8 Å². The summed E-state index contributed by atoms with van der Waals surface area (Å²) in [6.45, 7) is 3.69. The number of amides is 1. The summed E-state index contributed by atoms with van der Waals surface area (Å²) < 4.78 is 10.4. The van der Waals surface area contributed by atoms with Crippen LogP contribution in [-0.2, 0) is 4.79 Å². The van der Waals surface area contributed by atoms with Crippen LogP contribution in [0.25, 0.3) is 0 Å². The van der Waals surface area contributed by atoms with E-state index < -0.39 is 10.8 Å². The molecule has 1 N–H and O–H groups in total. The van der Waals surface area contributed by atoms with Crippen molar-refractivity contribution in [3.05, 3.63) is 57.6 Å². The molecule has 0 heterocycles. The number of nitro benzene ring substituents is 1. The molecular formula is C17H18N2O5. The molecule has 0 aliphatic heterocycles. The molecule has 0 saturated carbocycles. The van der Waals surface area contributed by atoms with Crippen molar-refractivity contribution in [2.45, 2.75) is 13.8 Å². The van der Waals surface area contributed by atoms with E-state index in [1.807, 2.05) is 32.0 Å². The maximum Gasteiger partial charge on any atom is 0.312 e. The number of carbonyl (C=O) groups is 1. The number of nitro groups is 1. The second-order valence-electron chi connectivity index (χ2n) is 5.30. The first-order valence-corrected chi connectivity index (χ1v) is 7.22. The molecule has 7 nitrogen and oxygen atoms in total. The van der Waals surface area contributed by atoms with Gasteiger partial charge < -0.3 is 14.8 Å². The van der Waals surface area contributed by atoms with Gasteiger partial charge in [-0.25, -0.2) is 0 Å². The van der Waals surface area contributed by atoms with Gasteiger partial charge in [0.05, 0.1) is 12.0 Å². The molecule has 0 aromatic heterocycles. The minimum Gasteiger partial charge on any atom is -0.490 e. The molecule has 2 aromatic rings. The monoisotopic (exact) mass is 330 g/mol. The number of anilines is 1. The predicted octanol–water partition coefficient (Wildman–Crippen LogP) is 3.24. The molecular weight excluding hydrogens is 312 g/mol. The molecule has 0 unspecified atom stereocenters. The fourth-order valence-corrected chi connectivity index (χ4v) is 2.27. The van der Waals surface area contributed by atoms with Crippen molar-refractivity contribution in [3.8, 4) is 11.5 Å². The van der Waals surface area contributed by atoms with Gasteiger partial charge in [-0.05, 0) is 49.2 Å². The number of hydrogen-bond acceptors (Lipinski definition) is 5. The lowest BCUT2D eigenvalue weighted by atomic mass is 10.1. The summed E-state index contributed by atoms with van der Waals surface area (Å²) in [7, 11) is 1.35. The van der Waals surface area contributed by atoms with Crippen LogP contribution in [-0.4, -0.2) is 24.5 Å². The molecule has 0 spiro atoms. The molecule has 0 aliphatic carbocycles. The predicted molar refractivity (Wildman–Crippen MR) is 89.7 cm³/mol. The number of nitrogens with one attached hydrogen (secondary N) is 1. The number of rotatable bonds is 6. The van der Waals surface area contributed by atoms with Crippen LogP contribution in [0.2, 0.25) is 0 Å². The van der Waals surface area contributed by atoms with Crippen molar-refractivity contribution in [3.63, 3.8) is 0 Å². The van der Waals surface area contributed by atoms with E-state index in [0.717, 1.165) is 11.1 Å². The summed E-state index contributed by atoms with van der Waals surface area (Å²) in [6, 6.07) is 9.87. The van der Waals surface area contributed by atoms with Crippen LogP contribution in [0.15, 0.2) is 36.4 Å². The maximum absolute atomic E-state index is 12.0. The van der Waals surface area contributed by atoms with Gasteiger partial charge in [0, 0.05) is 11.8 Å². The van der Waals surface area contributed by atoms with Crippen LogP contribution in [0, 0.1) is 24.0 Å². The first-order chi connectivity index (χ1) is 11.4. The zero-order chi connectivity index (χ0) is 17.7. The highest BCUT2D eigenvalue weighted by atomic mass is 16.6. The van der Waals surface area contributed by atoms with Gasteiger partial charge in [0.1, 0.15) is 5.75 Å². The number of methoxy groups -OCH3 is 1. The quantitative estimate of drug-likeness (QED) is 0.648.